The van der Waals surface area contributed by atoms with E-state index in [1.807, 2.05) is 90.9 Å². The predicted molar refractivity (Wildman–Crippen MR) is 228 cm³/mol. The van der Waals surface area contributed by atoms with E-state index in [-0.39, 0.29) is 44.9 Å². The molecule has 0 radical (unpaired) electrons. The number of H-pyrrole nitrogens is 2. The first-order valence-electron chi connectivity index (χ1n) is 19.3. The normalized spacial score (nSPS) is 17.5. The topological polar surface area (TPSA) is 126 Å². The number of carbonyl (C=O) groups excluding carboxylic acids is 3. The number of nitrogens with one attached hydrogen (secondary N) is 4. The zero-order chi connectivity index (χ0) is 37.9. The van der Waals surface area contributed by atoms with Crippen LogP contribution in [0.4, 0.5) is 0 Å². The molecule has 0 bridgehead atoms. The van der Waals surface area contributed by atoms with Gasteiger partial charge in [0.05, 0.1) is 24.0 Å². The third-order valence-electron chi connectivity index (χ3n) is 11.3. The number of rotatable bonds is 12. The smallest absolute Gasteiger partial charge is 0.244 e. The second kappa shape index (κ2) is 18.0. The Hall–Kier alpha value is -5.84. The first kappa shape index (κ1) is 40.8. The maximum absolute atomic E-state index is 13.7. The highest BCUT2D eigenvalue weighted by atomic mass is 16.2. The highest BCUT2D eigenvalue weighted by Crippen LogP contribution is 2.35. The molecule has 8 rings (SSSR count). The molecule has 2 amide bonds. The number of hydrogen-bond acceptors (Lipinski definition) is 6. The van der Waals surface area contributed by atoms with Crippen molar-refractivity contribution >= 4 is 28.5 Å². The second-order valence-corrected chi connectivity index (χ2v) is 14.7. The SMILES string of the molecule is C.C.CN[C@@H](C(=O)N1CCC[C@H]1C(=O)Cc1ccc2[nH]c(-c3ccc(-c4cnc([C@@H]5CCCN5C(=O)[C@H](NC)c5ccccc5)[nH]4)cc3)cc2c1)c1ccccc1. The summed E-state index contributed by atoms with van der Waals surface area (Å²) in [5.74, 6) is 0.885. The molecule has 10 heteroatoms. The van der Waals surface area contributed by atoms with E-state index in [2.05, 4.69) is 57.0 Å². The number of aromatic amines is 2. The lowest BCUT2D eigenvalue weighted by molar-refractivity contribution is -0.139. The molecule has 10 nitrogen and oxygen atoms in total. The van der Waals surface area contributed by atoms with Crippen LogP contribution in [0.15, 0.2) is 115 Å². The third-order valence-corrected chi connectivity index (χ3v) is 11.3. The number of benzene rings is 4. The van der Waals surface area contributed by atoms with Gasteiger partial charge < -0.3 is 30.4 Å². The van der Waals surface area contributed by atoms with Crippen LogP contribution in [0.5, 0.6) is 0 Å². The minimum atomic E-state index is -0.479. The molecule has 0 aliphatic carbocycles. The average molecular weight is 766 g/mol. The molecular formula is C47H55N7O3. The van der Waals surface area contributed by atoms with Crippen molar-refractivity contribution in [2.45, 2.75) is 71.1 Å². The Morgan fingerprint density at radius 2 is 1.28 bits per heavy atom. The number of imidazole rings is 1. The molecular weight excluding hydrogens is 711 g/mol. The number of likely N-dealkylation sites (tertiary alicyclic amines) is 2. The summed E-state index contributed by atoms with van der Waals surface area (Å²) < 4.78 is 0. The highest BCUT2D eigenvalue weighted by molar-refractivity contribution is 5.94. The van der Waals surface area contributed by atoms with Crippen LogP contribution in [0.25, 0.3) is 33.4 Å². The van der Waals surface area contributed by atoms with E-state index >= 15 is 0 Å². The summed E-state index contributed by atoms with van der Waals surface area (Å²) in [5.41, 5.74) is 7.73. The van der Waals surface area contributed by atoms with Crippen LogP contribution in [-0.4, -0.2) is 75.6 Å². The number of amides is 2. The molecule has 0 spiro atoms. The first-order chi connectivity index (χ1) is 26.9. The van der Waals surface area contributed by atoms with E-state index in [0.29, 0.717) is 19.5 Å². The summed E-state index contributed by atoms with van der Waals surface area (Å²) in [5, 5.41) is 7.39. The fraction of sp³-hybridized carbons (Fsp3) is 0.319. The van der Waals surface area contributed by atoms with Gasteiger partial charge in [-0.15, -0.1) is 0 Å². The monoisotopic (exact) mass is 765 g/mol. The van der Waals surface area contributed by atoms with Gasteiger partial charge in [0.15, 0.2) is 5.78 Å². The molecule has 57 heavy (non-hydrogen) atoms. The standard InChI is InChI=1S/C45H47N7O3.2CH4/c1-46-41(32-11-5-3-6-12-32)44(54)51-23-9-15-38(51)40(53)26-29-17-22-35-34(25-29)27-36(49-35)30-18-20-31(21-19-30)37-28-48-43(50-37)39-16-10-24-52(39)45(55)42(47-2)33-13-7-4-8-14-33;;/h3-8,11-14,17-22,25,27-28,38-39,41-42,46-47,49H,9-10,15-16,23-24,26H2,1-2H3,(H,48,50);2*1H4/t38-,39-,41+,42+;;/m0../s1. The molecule has 296 valence electrons. The first-order valence-corrected chi connectivity index (χ1v) is 19.3. The number of aromatic nitrogens is 3. The summed E-state index contributed by atoms with van der Waals surface area (Å²) in [6.07, 6.45) is 5.43. The van der Waals surface area contributed by atoms with Crippen molar-refractivity contribution in [3.05, 3.63) is 138 Å². The number of likely N-dealkylation sites (N-methyl/N-ethyl adjacent to an activating group) is 2. The molecule has 2 aliphatic rings. The molecule has 6 aromatic rings. The Labute approximate surface area is 336 Å². The van der Waals surface area contributed by atoms with Crippen molar-refractivity contribution in [3.63, 3.8) is 0 Å². The maximum atomic E-state index is 13.7. The van der Waals surface area contributed by atoms with Crippen LogP contribution in [0.1, 0.15) is 81.2 Å². The number of fused-ring (bicyclic) bond motifs is 1. The van der Waals surface area contributed by atoms with Crippen LogP contribution < -0.4 is 10.6 Å². The van der Waals surface area contributed by atoms with Gasteiger partial charge in [-0.3, -0.25) is 14.4 Å². The number of nitrogens with zero attached hydrogens (tertiary/aromatic N) is 3. The van der Waals surface area contributed by atoms with Gasteiger partial charge in [-0.2, -0.15) is 0 Å². The van der Waals surface area contributed by atoms with E-state index in [9.17, 15) is 14.4 Å². The average Bonchev–Trinajstić information content (AvgIpc) is 4.06. The quantitative estimate of drug-likeness (QED) is 0.0996. The van der Waals surface area contributed by atoms with E-state index in [0.717, 1.165) is 75.2 Å². The Morgan fingerprint density at radius 1 is 0.702 bits per heavy atom. The summed E-state index contributed by atoms with van der Waals surface area (Å²) in [4.78, 5) is 56.5. The molecule has 4 aromatic carbocycles. The lowest BCUT2D eigenvalue weighted by Crippen LogP contribution is -2.46. The van der Waals surface area contributed by atoms with Crippen molar-refractivity contribution in [2.24, 2.45) is 0 Å². The Bertz CT molecular complexity index is 2280. The van der Waals surface area contributed by atoms with E-state index < -0.39 is 18.1 Å². The number of hydrogen-bond donors (Lipinski definition) is 4. The highest BCUT2D eigenvalue weighted by Gasteiger charge is 2.37. The van der Waals surface area contributed by atoms with Crippen molar-refractivity contribution in [1.29, 1.82) is 0 Å². The van der Waals surface area contributed by atoms with Crippen LogP contribution in [0, 0.1) is 0 Å². The minimum Gasteiger partial charge on any atom is -0.355 e. The number of carbonyl (C=O) groups is 3. The zero-order valence-electron chi connectivity index (χ0n) is 31.3. The van der Waals surface area contributed by atoms with Gasteiger partial charge in [-0.25, -0.2) is 4.98 Å². The summed E-state index contributed by atoms with van der Waals surface area (Å²) in [6, 6.07) is 34.7. The van der Waals surface area contributed by atoms with Gasteiger partial charge >= 0.3 is 0 Å². The molecule has 4 atom stereocenters. The molecule has 2 saturated heterocycles. The molecule has 0 saturated carbocycles. The predicted octanol–water partition coefficient (Wildman–Crippen LogP) is 8.18. The van der Waals surface area contributed by atoms with Crippen LogP contribution in [0.2, 0.25) is 0 Å². The van der Waals surface area contributed by atoms with Crippen molar-refractivity contribution in [3.8, 4) is 22.5 Å². The van der Waals surface area contributed by atoms with Gasteiger partial charge in [0.2, 0.25) is 11.8 Å². The van der Waals surface area contributed by atoms with Crippen molar-refractivity contribution < 1.29 is 14.4 Å². The lowest BCUT2D eigenvalue weighted by Gasteiger charge is -2.28. The van der Waals surface area contributed by atoms with E-state index in [4.69, 9.17) is 4.98 Å². The molecule has 2 aromatic heterocycles. The zero-order valence-corrected chi connectivity index (χ0v) is 31.3. The largest absolute Gasteiger partial charge is 0.355 e. The number of ketones is 1. The van der Waals surface area contributed by atoms with Gasteiger partial charge in [-0.1, -0.05) is 106 Å². The Morgan fingerprint density at radius 3 is 1.91 bits per heavy atom. The van der Waals surface area contributed by atoms with Gasteiger partial charge in [-0.05, 0) is 85.8 Å². The van der Waals surface area contributed by atoms with Gasteiger partial charge in [0.1, 0.15) is 17.9 Å². The molecule has 4 heterocycles. The summed E-state index contributed by atoms with van der Waals surface area (Å²) in [6.45, 7) is 1.29. The second-order valence-electron chi connectivity index (χ2n) is 14.7. The Balaban J connectivity index is 0.00000275. The van der Waals surface area contributed by atoms with Gasteiger partial charge in [0.25, 0.3) is 0 Å². The van der Waals surface area contributed by atoms with Crippen LogP contribution in [0.3, 0.4) is 0 Å². The minimum absolute atomic E-state index is 0. The fourth-order valence-electron chi connectivity index (χ4n) is 8.42. The van der Waals surface area contributed by atoms with E-state index in [1.165, 1.54) is 0 Å². The fourth-order valence-corrected chi connectivity index (χ4v) is 8.42. The number of Topliss-reactive ketones (excluding diaryl/α,β-unsaturated/α-hetero) is 1. The molecule has 0 unspecified atom stereocenters. The molecule has 2 fully saturated rings. The maximum Gasteiger partial charge on any atom is 0.244 e. The molecule has 4 N–H and O–H groups in total. The summed E-state index contributed by atoms with van der Waals surface area (Å²) >= 11 is 0. The molecule has 2 aliphatic heterocycles. The summed E-state index contributed by atoms with van der Waals surface area (Å²) in [7, 11) is 3.61. The lowest BCUT2D eigenvalue weighted by atomic mass is 9.99. The Kier molecular flexibility index (Phi) is 12.9. The van der Waals surface area contributed by atoms with Crippen LogP contribution in [-0.2, 0) is 20.8 Å². The van der Waals surface area contributed by atoms with Crippen LogP contribution >= 0.6 is 0 Å². The van der Waals surface area contributed by atoms with Gasteiger partial charge in [0, 0.05) is 36.1 Å². The van der Waals surface area contributed by atoms with E-state index in [1.54, 1.807) is 11.9 Å². The van der Waals surface area contributed by atoms with Crippen molar-refractivity contribution in [2.75, 3.05) is 27.2 Å². The third kappa shape index (κ3) is 8.33. The van der Waals surface area contributed by atoms with Crippen molar-refractivity contribution in [1.82, 2.24) is 35.4 Å².